The molecule has 1 aromatic rings. The fourth-order valence-electron chi connectivity index (χ4n) is 3.64. The summed E-state index contributed by atoms with van der Waals surface area (Å²) in [5.74, 6) is -1.43. The smallest absolute Gasteiger partial charge is 0.198 e. The van der Waals surface area contributed by atoms with Gasteiger partial charge in [0.05, 0.1) is 6.61 Å². The van der Waals surface area contributed by atoms with Crippen LogP contribution in [0.25, 0.3) is 0 Å². The highest BCUT2D eigenvalue weighted by molar-refractivity contribution is 5.92. The molecule has 2 heterocycles. The Balaban J connectivity index is 1.62. The van der Waals surface area contributed by atoms with Crippen LogP contribution >= 0.6 is 0 Å². The van der Waals surface area contributed by atoms with Gasteiger partial charge in [0, 0.05) is 6.42 Å². The molecule has 2 aliphatic heterocycles. The molecule has 3 fully saturated rings. The third kappa shape index (κ3) is 2.32. The Hall–Kier alpha value is -1.34. The van der Waals surface area contributed by atoms with Crippen LogP contribution < -0.4 is 0 Å². The summed E-state index contributed by atoms with van der Waals surface area (Å²) in [6, 6.07) is 9.54. The van der Waals surface area contributed by atoms with Crippen LogP contribution in [0.15, 0.2) is 30.3 Å². The van der Waals surface area contributed by atoms with E-state index in [1.807, 2.05) is 30.3 Å². The van der Waals surface area contributed by atoms with Gasteiger partial charge in [0.1, 0.15) is 11.7 Å². The molecule has 3 aliphatic rings. The second-order valence-electron chi connectivity index (χ2n) is 6.74. The predicted octanol–water partition coefficient (Wildman–Crippen LogP) is 2.13. The van der Waals surface area contributed by atoms with E-state index in [-0.39, 0.29) is 13.0 Å². The molecule has 1 aromatic carbocycles. The molecule has 0 spiro atoms. The van der Waals surface area contributed by atoms with Crippen molar-refractivity contribution in [1.29, 1.82) is 0 Å². The number of carbonyl (C=O) groups excluding carboxylic acids is 1. The molecule has 6 heteroatoms. The van der Waals surface area contributed by atoms with Gasteiger partial charge in [-0.05, 0) is 19.4 Å². The second-order valence-corrected chi connectivity index (χ2v) is 6.74. The van der Waals surface area contributed by atoms with Crippen molar-refractivity contribution in [2.75, 3.05) is 0 Å². The molecule has 2 saturated heterocycles. The molecule has 5 atom stereocenters. The van der Waals surface area contributed by atoms with Crippen molar-refractivity contribution in [3.8, 4) is 0 Å². The lowest BCUT2D eigenvalue weighted by Crippen LogP contribution is -2.49. The van der Waals surface area contributed by atoms with Gasteiger partial charge in [-0.25, -0.2) is 4.39 Å². The Morgan fingerprint density at radius 2 is 2.00 bits per heavy atom. The Morgan fingerprint density at radius 3 is 2.74 bits per heavy atom. The van der Waals surface area contributed by atoms with Gasteiger partial charge in [0.2, 0.25) is 0 Å². The normalized spacial score (nSPS) is 41.1. The highest BCUT2D eigenvalue weighted by atomic mass is 19.1. The van der Waals surface area contributed by atoms with Crippen LogP contribution in [-0.2, 0) is 30.3 Å². The van der Waals surface area contributed by atoms with Gasteiger partial charge in [-0.15, -0.1) is 0 Å². The average molecular weight is 322 g/mol. The second kappa shape index (κ2) is 5.08. The molecule has 4 rings (SSSR count). The molecular formula is C17H19FO5. The molecule has 5 nitrogen and oxygen atoms in total. The number of halogens is 1. The summed E-state index contributed by atoms with van der Waals surface area (Å²) in [6.45, 7) is 3.78. The summed E-state index contributed by atoms with van der Waals surface area (Å²) in [4.78, 5) is 12.1. The number of hydrogen-bond donors (Lipinski definition) is 0. The zero-order chi connectivity index (χ0) is 16.2. The quantitative estimate of drug-likeness (QED) is 0.853. The van der Waals surface area contributed by atoms with Gasteiger partial charge < -0.3 is 18.9 Å². The van der Waals surface area contributed by atoms with E-state index in [9.17, 15) is 9.18 Å². The minimum absolute atomic E-state index is 0.0655. The molecule has 124 valence electrons. The third-order valence-electron chi connectivity index (χ3n) is 4.67. The van der Waals surface area contributed by atoms with Gasteiger partial charge in [-0.3, -0.25) is 4.79 Å². The van der Waals surface area contributed by atoms with Crippen molar-refractivity contribution < 1.29 is 28.1 Å². The van der Waals surface area contributed by atoms with Crippen molar-refractivity contribution in [3.63, 3.8) is 0 Å². The van der Waals surface area contributed by atoms with E-state index in [0.717, 1.165) is 5.56 Å². The Labute approximate surface area is 133 Å². The lowest BCUT2D eigenvalue weighted by molar-refractivity contribution is -0.231. The summed E-state index contributed by atoms with van der Waals surface area (Å²) < 4.78 is 37.3. The first-order chi connectivity index (χ1) is 10.9. The average Bonchev–Trinajstić information content (AvgIpc) is 3.05. The van der Waals surface area contributed by atoms with Crippen LogP contribution in [0, 0.1) is 0 Å². The molecule has 0 aromatic heterocycles. The van der Waals surface area contributed by atoms with Crippen LogP contribution in [0.4, 0.5) is 4.39 Å². The molecule has 0 radical (unpaired) electrons. The van der Waals surface area contributed by atoms with Crippen LogP contribution in [0.1, 0.15) is 25.8 Å². The summed E-state index contributed by atoms with van der Waals surface area (Å²) in [5, 5.41) is 0. The maximum Gasteiger partial charge on any atom is 0.198 e. The van der Waals surface area contributed by atoms with Crippen molar-refractivity contribution in [2.45, 2.75) is 62.9 Å². The van der Waals surface area contributed by atoms with Gasteiger partial charge in [-0.1, -0.05) is 30.3 Å². The lowest BCUT2D eigenvalue weighted by atomic mass is 9.94. The first-order valence-corrected chi connectivity index (χ1v) is 7.78. The van der Waals surface area contributed by atoms with Crippen molar-refractivity contribution in [1.82, 2.24) is 0 Å². The van der Waals surface area contributed by atoms with E-state index in [0.29, 0.717) is 0 Å². The first kappa shape index (κ1) is 15.2. The molecule has 1 saturated carbocycles. The number of benzene rings is 1. The highest BCUT2D eigenvalue weighted by Gasteiger charge is 2.71. The van der Waals surface area contributed by atoms with Crippen LogP contribution in [0.3, 0.4) is 0 Å². The van der Waals surface area contributed by atoms with Gasteiger partial charge in [0.25, 0.3) is 0 Å². The Kier molecular flexibility index (Phi) is 3.36. The van der Waals surface area contributed by atoms with Crippen molar-refractivity contribution >= 4 is 5.78 Å². The predicted molar refractivity (Wildman–Crippen MR) is 77.2 cm³/mol. The number of alkyl halides is 1. The summed E-state index contributed by atoms with van der Waals surface area (Å²) >= 11 is 0. The lowest BCUT2D eigenvalue weighted by Gasteiger charge is -2.32. The molecular weight excluding hydrogens is 303 g/mol. The summed E-state index contributed by atoms with van der Waals surface area (Å²) in [6.07, 6.45) is -3.96. The van der Waals surface area contributed by atoms with E-state index >= 15 is 0 Å². The van der Waals surface area contributed by atoms with E-state index in [1.165, 1.54) is 0 Å². The topological polar surface area (TPSA) is 54.0 Å². The third-order valence-corrected chi connectivity index (χ3v) is 4.67. The van der Waals surface area contributed by atoms with E-state index in [2.05, 4.69) is 0 Å². The largest absolute Gasteiger partial charge is 0.364 e. The molecule has 2 unspecified atom stereocenters. The monoisotopic (exact) mass is 322 g/mol. The number of fused-ring (bicyclic) bond motifs is 3. The SMILES string of the molecule is CC1(C)OC2[C@H](O[C@@H]3C(=O)C(F)C[C@]23OCc2ccccc2)O1. The van der Waals surface area contributed by atoms with Crippen LogP contribution in [-0.4, -0.2) is 41.8 Å². The number of ketones is 1. The fourth-order valence-corrected chi connectivity index (χ4v) is 3.64. The fraction of sp³-hybridized carbons (Fsp3) is 0.588. The molecule has 0 amide bonds. The zero-order valence-electron chi connectivity index (χ0n) is 13.0. The van der Waals surface area contributed by atoms with E-state index in [1.54, 1.807) is 13.8 Å². The Morgan fingerprint density at radius 1 is 1.26 bits per heavy atom. The van der Waals surface area contributed by atoms with E-state index < -0.39 is 41.8 Å². The maximum atomic E-state index is 14.1. The molecule has 0 N–H and O–H groups in total. The highest BCUT2D eigenvalue weighted by Crippen LogP contribution is 2.51. The number of ether oxygens (including phenoxy) is 4. The minimum Gasteiger partial charge on any atom is -0.364 e. The number of rotatable bonds is 3. The van der Waals surface area contributed by atoms with Crippen LogP contribution in [0.5, 0.6) is 0 Å². The molecule has 0 bridgehead atoms. The minimum atomic E-state index is -1.59. The summed E-state index contributed by atoms with van der Waals surface area (Å²) in [7, 11) is 0. The van der Waals surface area contributed by atoms with Gasteiger partial charge >= 0.3 is 0 Å². The van der Waals surface area contributed by atoms with Gasteiger partial charge in [0.15, 0.2) is 30.1 Å². The number of Topliss-reactive ketones (excluding diaryl/α,β-unsaturated/α-hetero) is 1. The van der Waals surface area contributed by atoms with Crippen LogP contribution in [0.2, 0.25) is 0 Å². The number of carbonyl (C=O) groups is 1. The standard InChI is InChI=1S/C17H19FO5/c1-16(2)22-14-15(23-16)21-13-12(19)11(18)8-17(13,14)20-9-10-6-4-3-5-7-10/h3-7,11,13-15H,8-9H2,1-2H3/t11?,13-,14?,15-,17-/m1/s1. The first-order valence-electron chi connectivity index (χ1n) is 7.78. The van der Waals surface area contributed by atoms with E-state index in [4.69, 9.17) is 18.9 Å². The molecule has 1 aliphatic carbocycles. The van der Waals surface area contributed by atoms with Gasteiger partial charge in [-0.2, -0.15) is 0 Å². The van der Waals surface area contributed by atoms with Crippen molar-refractivity contribution in [2.24, 2.45) is 0 Å². The van der Waals surface area contributed by atoms with Crippen molar-refractivity contribution in [3.05, 3.63) is 35.9 Å². The zero-order valence-corrected chi connectivity index (χ0v) is 13.0. The molecule has 23 heavy (non-hydrogen) atoms. The Bertz CT molecular complexity index is 619. The maximum absolute atomic E-state index is 14.1. The number of hydrogen-bond acceptors (Lipinski definition) is 5. The summed E-state index contributed by atoms with van der Waals surface area (Å²) in [5.41, 5.74) is -0.192.